The van der Waals surface area contributed by atoms with Crippen LogP contribution in [0.15, 0.2) is 78.9 Å². The molecule has 25 heavy (non-hydrogen) atoms. The molecule has 4 rings (SSSR count). The summed E-state index contributed by atoms with van der Waals surface area (Å²) in [6.07, 6.45) is 0. The number of fused-ring (bicyclic) bond motifs is 1. The molecule has 0 saturated carbocycles. The van der Waals surface area contributed by atoms with Gasteiger partial charge in [0.15, 0.2) is 0 Å². The molecule has 0 N–H and O–H groups in total. The second-order valence-electron chi connectivity index (χ2n) is 6.34. The average molecular weight is 350 g/mol. The van der Waals surface area contributed by atoms with Gasteiger partial charge in [0.1, 0.15) is 12.5 Å². The molecule has 0 bridgehead atoms. The molecule has 3 aromatic carbocycles. The molecule has 0 saturated heterocycles. The van der Waals surface area contributed by atoms with Crippen molar-refractivity contribution in [2.24, 2.45) is 0 Å². The smallest absolute Gasteiger partial charge is 0.143 e. The zero-order chi connectivity index (χ0) is 17.2. The molecular weight excluding hydrogens is 330 g/mol. The molecular formula is C22H20ClNO. The summed E-state index contributed by atoms with van der Waals surface area (Å²) < 4.78 is 6.05. The van der Waals surface area contributed by atoms with E-state index >= 15 is 0 Å². The van der Waals surface area contributed by atoms with Gasteiger partial charge in [0.25, 0.3) is 0 Å². The van der Waals surface area contributed by atoms with Gasteiger partial charge >= 0.3 is 0 Å². The highest BCUT2D eigenvalue weighted by Crippen LogP contribution is 2.44. The first-order chi connectivity index (χ1) is 12.3. The summed E-state index contributed by atoms with van der Waals surface area (Å²) in [5.41, 5.74) is 3.54. The minimum atomic E-state index is 0.0638. The molecule has 2 atom stereocenters. The predicted molar refractivity (Wildman–Crippen MR) is 102 cm³/mol. The van der Waals surface area contributed by atoms with Gasteiger partial charge in [0.05, 0.1) is 6.04 Å². The number of para-hydroxylation sites is 1. The van der Waals surface area contributed by atoms with E-state index in [4.69, 9.17) is 16.3 Å². The van der Waals surface area contributed by atoms with Crippen molar-refractivity contribution in [3.63, 3.8) is 0 Å². The van der Waals surface area contributed by atoms with Crippen LogP contribution in [0.1, 0.15) is 35.7 Å². The Bertz CT molecular complexity index is 865. The molecule has 0 amide bonds. The van der Waals surface area contributed by atoms with Crippen LogP contribution in [0.2, 0.25) is 5.02 Å². The molecule has 1 aliphatic rings. The van der Waals surface area contributed by atoms with Crippen LogP contribution < -0.4 is 4.74 Å². The third-order valence-corrected chi connectivity index (χ3v) is 5.24. The number of halogens is 1. The fourth-order valence-corrected chi connectivity index (χ4v) is 3.78. The highest BCUT2D eigenvalue weighted by Gasteiger charge is 2.34. The van der Waals surface area contributed by atoms with E-state index in [1.165, 1.54) is 5.56 Å². The third-order valence-electron chi connectivity index (χ3n) is 4.89. The molecule has 0 aliphatic carbocycles. The van der Waals surface area contributed by atoms with Crippen LogP contribution in [0.25, 0.3) is 0 Å². The lowest BCUT2D eigenvalue weighted by Gasteiger charge is -2.41. The Hall–Kier alpha value is -2.29. The summed E-state index contributed by atoms with van der Waals surface area (Å²) in [5, 5.41) is 0.787. The van der Waals surface area contributed by atoms with Crippen molar-refractivity contribution in [3.05, 3.63) is 101 Å². The Morgan fingerprint density at radius 3 is 2.28 bits per heavy atom. The summed E-state index contributed by atoms with van der Waals surface area (Å²) in [5.74, 6) is 0.934. The number of ether oxygens (including phenoxy) is 1. The van der Waals surface area contributed by atoms with Crippen LogP contribution in [0.3, 0.4) is 0 Å². The normalized spacial score (nSPS) is 18.2. The van der Waals surface area contributed by atoms with Gasteiger partial charge in [-0.1, -0.05) is 78.3 Å². The number of hydrogen-bond acceptors (Lipinski definition) is 2. The molecule has 0 aromatic heterocycles. The summed E-state index contributed by atoms with van der Waals surface area (Å²) in [4.78, 5) is 2.36. The van der Waals surface area contributed by atoms with Gasteiger partial charge in [0.2, 0.25) is 0 Å². The largest absolute Gasteiger partial charge is 0.478 e. The zero-order valence-corrected chi connectivity index (χ0v) is 14.9. The van der Waals surface area contributed by atoms with Gasteiger partial charge in [-0.15, -0.1) is 0 Å². The van der Waals surface area contributed by atoms with Gasteiger partial charge in [-0.2, -0.15) is 0 Å². The van der Waals surface area contributed by atoms with E-state index in [0.29, 0.717) is 6.73 Å². The maximum atomic E-state index is 6.57. The highest BCUT2D eigenvalue weighted by atomic mass is 35.5. The summed E-state index contributed by atoms with van der Waals surface area (Å²) in [7, 11) is 0. The van der Waals surface area contributed by atoms with E-state index in [1.54, 1.807) is 0 Å². The van der Waals surface area contributed by atoms with Gasteiger partial charge in [-0.05, 0) is 30.2 Å². The van der Waals surface area contributed by atoms with Crippen molar-refractivity contribution in [2.45, 2.75) is 19.0 Å². The minimum Gasteiger partial charge on any atom is -0.478 e. The van der Waals surface area contributed by atoms with Gasteiger partial charge in [0, 0.05) is 16.6 Å². The predicted octanol–water partition coefficient (Wildman–Crippen LogP) is 5.84. The van der Waals surface area contributed by atoms with E-state index in [9.17, 15) is 0 Å². The van der Waals surface area contributed by atoms with Crippen molar-refractivity contribution in [1.29, 1.82) is 0 Å². The Labute approximate surface area is 153 Å². The lowest BCUT2D eigenvalue weighted by atomic mass is 9.93. The summed E-state index contributed by atoms with van der Waals surface area (Å²) >= 11 is 6.57. The molecule has 0 unspecified atom stereocenters. The SMILES string of the molecule is C[C@@H](c1ccccc1)N1COc2ccccc2[C@H]1c1ccccc1Cl. The Kier molecular flexibility index (Phi) is 4.48. The molecule has 0 radical (unpaired) electrons. The standard InChI is InChI=1S/C22H20ClNO/c1-16(17-9-3-2-4-10-17)24-15-25-21-14-8-6-12-19(21)22(24)18-11-5-7-13-20(18)23/h2-14,16,22H,15H2,1H3/t16-,22+/m0/s1. The average Bonchev–Trinajstić information content (AvgIpc) is 2.68. The number of nitrogens with zero attached hydrogens (tertiary/aromatic N) is 1. The third kappa shape index (κ3) is 3.04. The maximum Gasteiger partial charge on any atom is 0.143 e. The number of benzene rings is 3. The van der Waals surface area contributed by atoms with E-state index in [0.717, 1.165) is 21.9 Å². The van der Waals surface area contributed by atoms with Gasteiger partial charge < -0.3 is 4.74 Å². The van der Waals surface area contributed by atoms with Gasteiger partial charge in [-0.25, -0.2) is 0 Å². The van der Waals surface area contributed by atoms with Crippen molar-refractivity contribution < 1.29 is 4.74 Å². The quantitative estimate of drug-likeness (QED) is 0.588. The lowest BCUT2D eigenvalue weighted by Crippen LogP contribution is -2.39. The van der Waals surface area contributed by atoms with Crippen LogP contribution in [0.5, 0.6) is 5.75 Å². The second-order valence-corrected chi connectivity index (χ2v) is 6.74. The number of hydrogen-bond donors (Lipinski definition) is 0. The Morgan fingerprint density at radius 2 is 1.52 bits per heavy atom. The van der Waals surface area contributed by atoms with Crippen molar-refractivity contribution in [1.82, 2.24) is 4.90 Å². The molecule has 1 aliphatic heterocycles. The van der Waals surface area contributed by atoms with Crippen LogP contribution in [0, 0.1) is 0 Å². The molecule has 0 fully saturated rings. The van der Waals surface area contributed by atoms with E-state index in [-0.39, 0.29) is 12.1 Å². The second kappa shape index (κ2) is 6.91. The van der Waals surface area contributed by atoms with E-state index in [2.05, 4.69) is 54.3 Å². The maximum absolute atomic E-state index is 6.57. The van der Waals surface area contributed by atoms with E-state index in [1.807, 2.05) is 36.4 Å². The molecule has 3 aromatic rings. The monoisotopic (exact) mass is 349 g/mol. The van der Waals surface area contributed by atoms with E-state index < -0.39 is 0 Å². The van der Waals surface area contributed by atoms with Gasteiger partial charge in [-0.3, -0.25) is 4.90 Å². The van der Waals surface area contributed by atoms with Crippen LogP contribution in [-0.4, -0.2) is 11.6 Å². The zero-order valence-electron chi connectivity index (χ0n) is 14.1. The topological polar surface area (TPSA) is 12.5 Å². The molecule has 0 spiro atoms. The lowest BCUT2D eigenvalue weighted by molar-refractivity contribution is 0.0402. The molecule has 126 valence electrons. The van der Waals surface area contributed by atoms with Crippen molar-refractivity contribution in [2.75, 3.05) is 6.73 Å². The van der Waals surface area contributed by atoms with Crippen LogP contribution in [0.4, 0.5) is 0 Å². The van der Waals surface area contributed by atoms with Crippen molar-refractivity contribution >= 4 is 11.6 Å². The Balaban J connectivity index is 1.82. The first-order valence-electron chi connectivity index (χ1n) is 8.52. The fourth-order valence-electron chi connectivity index (χ4n) is 3.54. The summed E-state index contributed by atoms with van der Waals surface area (Å²) in [6, 6.07) is 27.1. The first-order valence-corrected chi connectivity index (χ1v) is 8.90. The molecule has 3 heteroatoms. The first kappa shape index (κ1) is 16.2. The minimum absolute atomic E-state index is 0.0638. The van der Waals surface area contributed by atoms with Crippen molar-refractivity contribution in [3.8, 4) is 5.75 Å². The highest BCUT2D eigenvalue weighted by molar-refractivity contribution is 6.31. The Morgan fingerprint density at radius 1 is 0.880 bits per heavy atom. The number of rotatable bonds is 3. The molecule has 1 heterocycles. The summed E-state index contributed by atoms with van der Waals surface area (Å²) in [6.45, 7) is 2.75. The fraction of sp³-hybridized carbons (Fsp3) is 0.182. The van der Waals surface area contributed by atoms with Crippen LogP contribution in [-0.2, 0) is 0 Å². The van der Waals surface area contributed by atoms with Crippen LogP contribution >= 0.6 is 11.6 Å². The molecule has 2 nitrogen and oxygen atoms in total.